The number of hydrogen-bond acceptors (Lipinski definition) is 7. The fourth-order valence-electron chi connectivity index (χ4n) is 2.89. The summed E-state index contributed by atoms with van der Waals surface area (Å²) in [5.41, 5.74) is 3.04. The molecule has 0 unspecified atom stereocenters. The number of thioether (sulfide) groups is 1. The van der Waals surface area contributed by atoms with Gasteiger partial charge in [-0.05, 0) is 24.6 Å². The Morgan fingerprint density at radius 2 is 2.15 bits per heavy atom. The molecule has 2 N–H and O–H groups in total. The van der Waals surface area contributed by atoms with Gasteiger partial charge in [0.05, 0.1) is 17.7 Å². The van der Waals surface area contributed by atoms with Crippen molar-refractivity contribution in [3.05, 3.63) is 65.9 Å². The Morgan fingerprint density at radius 3 is 2.81 bits per heavy atom. The Kier molecular flexibility index (Phi) is 4.68. The Labute approximate surface area is 160 Å². The summed E-state index contributed by atoms with van der Waals surface area (Å²) in [5.74, 6) is 6.41. The second-order valence-electron chi connectivity index (χ2n) is 6.20. The fourth-order valence-corrected chi connectivity index (χ4v) is 3.58. The van der Waals surface area contributed by atoms with Crippen LogP contribution in [-0.2, 0) is 4.79 Å². The molecule has 0 bridgehead atoms. The van der Waals surface area contributed by atoms with Crippen molar-refractivity contribution in [1.29, 1.82) is 0 Å². The summed E-state index contributed by atoms with van der Waals surface area (Å²) in [6.07, 6.45) is 3.59. The maximum absolute atomic E-state index is 12.8. The highest BCUT2D eigenvalue weighted by molar-refractivity contribution is 7.99. The number of rotatable bonds is 5. The van der Waals surface area contributed by atoms with Gasteiger partial charge in [-0.3, -0.25) is 4.79 Å². The first-order valence-electron chi connectivity index (χ1n) is 8.39. The summed E-state index contributed by atoms with van der Waals surface area (Å²) in [6.45, 7) is 2.04. The monoisotopic (exact) mass is 382 g/mol. The van der Waals surface area contributed by atoms with Gasteiger partial charge in [0.15, 0.2) is 0 Å². The molecule has 27 heavy (non-hydrogen) atoms. The summed E-state index contributed by atoms with van der Waals surface area (Å²) in [6, 6.07) is 11.5. The number of aryl methyl sites for hydroxylation is 1. The minimum Gasteiger partial charge on any atom is -0.467 e. The number of amides is 1. The minimum absolute atomic E-state index is 0.147. The SMILES string of the molecule is Cc1ccc(C2=NN(C(=O)CSc3nncn3N)[C@@H](c3ccco3)C2)cc1. The summed E-state index contributed by atoms with van der Waals surface area (Å²) < 4.78 is 6.83. The van der Waals surface area contributed by atoms with Crippen molar-refractivity contribution in [3.63, 3.8) is 0 Å². The van der Waals surface area contributed by atoms with E-state index in [0.717, 1.165) is 11.3 Å². The van der Waals surface area contributed by atoms with Crippen LogP contribution in [0.15, 0.2) is 63.7 Å². The predicted molar refractivity (Wildman–Crippen MR) is 102 cm³/mol. The van der Waals surface area contributed by atoms with Crippen LogP contribution in [0.2, 0.25) is 0 Å². The number of hydrogen-bond donors (Lipinski definition) is 1. The van der Waals surface area contributed by atoms with E-state index < -0.39 is 0 Å². The molecule has 3 aromatic rings. The quantitative estimate of drug-likeness (QED) is 0.537. The van der Waals surface area contributed by atoms with Crippen LogP contribution in [0.4, 0.5) is 0 Å². The Bertz CT molecular complexity index is 964. The molecule has 0 fully saturated rings. The second-order valence-corrected chi connectivity index (χ2v) is 7.14. The van der Waals surface area contributed by atoms with E-state index in [1.54, 1.807) is 6.26 Å². The molecular formula is C18H18N6O2S. The molecule has 1 aromatic carbocycles. The number of aromatic nitrogens is 3. The summed E-state index contributed by atoms with van der Waals surface area (Å²) in [4.78, 5) is 12.8. The zero-order chi connectivity index (χ0) is 18.8. The third kappa shape index (κ3) is 3.59. The van der Waals surface area contributed by atoms with E-state index in [9.17, 15) is 4.79 Å². The largest absolute Gasteiger partial charge is 0.467 e. The number of benzene rings is 1. The lowest BCUT2D eigenvalue weighted by Crippen LogP contribution is -2.28. The number of hydrazone groups is 1. The summed E-state index contributed by atoms with van der Waals surface area (Å²) in [5, 5.41) is 14.2. The van der Waals surface area contributed by atoms with Gasteiger partial charge in [0.25, 0.3) is 5.91 Å². The molecule has 0 saturated heterocycles. The van der Waals surface area contributed by atoms with Crippen molar-refractivity contribution in [2.75, 3.05) is 11.6 Å². The highest BCUT2D eigenvalue weighted by atomic mass is 32.2. The van der Waals surface area contributed by atoms with Gasteiger partial charge in [0, 0.05) is 6.42 Å². The van der Waals surface area contributed by atoms with E-state index in [-0.39, 0.29) is 17.7 Å². The van der Waals surface area contributed by atoms with Crippen molar-refractivity contribution < 1.29 is 9.21 Å². The number of nitrogen functional groups attached to an aromatic ring is 1. The van der Waals surface area contributed by atoms with Crippen LogP contribution in [0.1, 0.15) is 29.3 Å². The Morgan fingerprint density at radius 1 is 1.33 bits per heavy atom. The van der Waals surface area contributed by atoms with Crippen LogP contribution < -0.4 is 5.84 Å². The van der Waals surface area contributed by atoms with Crippen LogP contribution in [0.5, 0.6) is 0 Å². The van der Waals surface area contributed by atoms with Gasteiger partial charge >= 0.3 is 0 Å². The average Bonchev–Trinajstić information content (AvgIpc) is 3.41. The maximum atomic E-state index is 12.8. The van der Waals surface area contributed by atoms with Crippen molar-refractivity contribution in [1.82, 2.24) is 19.9 Å². The summed E-state index contributed by atoms with van der Waals surface area (Å²) >= 11 is 1.22. The van der Waals surface area contributed by atoms with Gasteiger partial charge < -0.3 is 10.3 Å². The number of nitrogens with zero attached hydrogens (tertiary/aromatic N) is 5. The van der Waals surface area contributed by atoms with E-state index in [2.05, 4.69) is 15.3 Å². The lowest BCUT2D eigenvalue weighted by molar-refractivity contribution is -0.130. The smallest absolute Gasteiger partial charge is 0.253 e. The standard InChI is InChI=1S/C18H18N6O2S/c1-12-4-6-13(7-5-12)14-9-15(16-3-2-8-26-16)24(22-14)17(25)10-27-18-21-20-11-23(18)19/h2-8,11,15H,9-10,19H2,1H3/t15-/m1/s1. The van der Waals surface area contributed by atoms with Gasteiger partial charge in [0.1, 0.15) is 18.1 Å². The van der Waals surface area contributed by atoms with Crippen molar-refractivity contribution in [2.45, 2.75) is 24.5 Å². The molecule has 1 aliphatic rings. The molecule has 2 aromatic heterocycles. The summed E-state index contributed by atoms with van der Waals surface area (Å²) in [7, 11) is 0. The van der Waals surface area contributed by atoms with Crippen LogP contribution >= 0.6 is 11.8 Å². The third-order valence-electron chi connectivity index (χ3n) is 4.29. The molecule has 9 heteroatoms. The molecule has 8 nitrogen and oxygen atoms in total. The molecular weight excluding hydrogens is 364 g/mol. The van der Waals surface area contributed by atoms with Crippen LogP contribution in [-0.4, -0.2) is 37.3 Å². The molecule has 0 spiro atoms. The number of carbonyl (C=O) groups is 1. The molecule has 1 amide bonds. The van der Waals surface area contributed by atoms with E-state index in [0.29, 0.717) is 17.3 Å². The maximum Gasteiger partial charge on any atom is 0.253 e. The fraction of sp³-hybridized carbons (Fsp3) is 0.222. The van der Waals surface area contributed by atoms with Crippen molar-refractivity contribution in [2.24, 2.45) is 5.10 Å². The van der Waals surface area contributed by atoms with Gasteiger partial charge in [-0.15, -0.1) is 10.2 Å². The van der Waals surface area contributed by atoms with E-state index in [1.165, 1.54) is 33.3 Å². The second kappa shape index (κ2) is 7.28. The first-order chi connectivity index (χ1) is 13.1. The molecule has 3 heterocycles. The first-order valence-corrected chi connectivity index (χ1v) is 9.38. The molecule has 1 atom stereocenters. The lowest BCUT2D eigenvalue weighted by Gasteiger charge is -2.19. The highest BCUT2D eigenvalue weighted by Gasteiger charge is 2.34. The first kappa shape index (κ1) is 17.3. The van der Waals surface area contributed by atoms with Gasteiger partial charge in [0.2, 0.25) is 5.16 Å². The molecule has 4 rings (SSSR count). The van der Waals surface area contributed by atoms with Crippen LogP contribution in [0, 0.1) is 6.92 Å². The van der Waals surface area contributed by atoms with Gasteiger partial charge in [-0.2, -0.15) is 5.10 Å². The predicted octanol–water partition coefficient (Wildman–Crippen LogP) is 2.36. The topological polar surface area (TPSA) is 103 Å². The minimum atomic E-state index is -0.264. The lowest BCUT2D eigenvalue weighted by atomic mass is 10.0. The molecule has 0 saturated carbocycles. The van der Waals surface area contributed by atoms with E-state index in [1.807, 2.05) is 43.3 Å². The highest BCUT2D eigenvalue weighted by Crippen LogP contribution is 2.33. The molecule has 0 aliphatic carbocycles. The average molecular weight is 382 g/mol. The number of nitrogens with two attached hydrogens (primary N) is 1. The zero-order valence-corrected chi connectivity index (χ0v) is 15.5. The number of furan rings is 1. The van der Waals surface area contributed by atoms with Gasteiger partial charge in [-0.25, -0.2) is 9.69 Å². The zero-order valence-electron chi connectivity index (χ0n) is 14.6. The Balaban J connectivity index is 1.56. The molecule has 138 valence electrons. The van der Waals surface area contributed by atoms with E-state index >= 15 is 0 Å². The van der Waals surface area contributed by atoms with Crippen LogP contribution in [0.25, 0.3) is 0 Å². The molecule has 0 radical (unpaired) electrons. The Hall–Kier alpha value is -3.07. The normalized spacial score (nSPS) is 16.6. The van der Waals surface area contributed by atoms with Crippen molar-refractivity contribution in [3.8, 4) is 0 Å². The molecule has 1 aliphatic heterocycles. The number of carbonyl (C=O) groups excluding carboxylic acids is 1. The third-order valence-corrected chi connectivity index (χ3v) is 5.23. The van der Waals surface area contributed by atoms with Crippen LogP contribution in [0.3, 0.4) is 0 Å². The van der Waals surface area contributed by atoms with E-state index in [4.69, 9.17) is 10.3 Å². The van der Waals surface area contributed by atoms with Gasteiger partial charge in [-0.1, -0.05) is 41.6 Å². The van der Waals surface area contributed by atoms with Crippen molar-refractivity contribution >= 4 is 23.4 Å².